The molecule has 10 nitrogen and oxygen atoms in total. The van der Waals surface area contributed by atoms with Crippen LogP contribution in [0.5, 0.6) is 11.5 Å². The third kappa shape index (κ3) is 3.76. The highest BCUT2D eigenvalue weighted by atomic mass is 16.6. The van der Waals surface area contributed by atoms with Crippen LogP contribution in [0.2, 0.25) is 0 Å². The van der Waals surface area contributed by atoms with Gasteiger partial charge in [0.25, 0.3) is 17.4 Å². The number of fused-ring (bicyclic) bond motifs is 1. The van der Waals surface area contributed by atoms with Crippen LogP contribution < -0.4 is 9.47 Å². The molecule has 2 heterocycles. The summed E-state index contributed by atoms with van der Waals surface area (Å²) >= 11 is 0. The highest BCUT2D eigenvalue weighted by Gasteiger charge is 2.46. The molecule has 2 aliphatic heterocycles. The van der Waals surface area contributed by atoms with Crippen LogP contribution >= 0.6 is 0 Å². The number of non-ortho nitro benzene ring substituents is 1. The smallest absolute Gasteiger partial charge is 0.295 e. The Labute approximate surface area is 182 Å². The number of carbonyl (C=O) groups is 2. The molecular weight excluding hydrogens is 420 g/mol. The first-order chi connectivity index (χ1) is 15.4. The number of methoxy groups -OCH3 is 1. The predicted molar refractivity (Wildman–Crippen MR) is 111 cm³/mol. The number of ketones is 1. The van der Waals surface area contributed by atoms with E-state index in [-0.39, 0.29) is 35.7 Å². The van der Waals surface area contributed by atoms with Gasteiger partial charge in [-0.3, -0.25) is 19.7 Å². The van der Waals surface area contributed by atoms with Crippen molar-refractivity contribution in [1.82, 2.24) is 4.90 Å². The number of amides is 1. The number of aliphatic hydroxyl groups excluding tert-OH is 1. The van der Waals surface area contributed by atoms with Gasteiger partial charge in [-0.1, -0.05) is 0 Å². The van der Waals surface area contributed by atoms with Crippen molar-refractivity contribution in [1.29, 1.82) is 0 Å². The van der Waals surface area contributed by atoms with Gasteiger partial charge in [0.15, 0.2) is 11.5 Å². The quantitative estimate of drug-likeness (QED) is 0.238. The lowest BCUT2D eigenvalue weighted by Gasteiger charge is -2.25. The molecule has 0 radical (unpaired) electrons. The number of likely N-dealkylation sites (tertiary alicyclic amines) is 1. The van der Waals surface area contributed by atoms with Crippen LogP contribution in [0.25, 0.3) is 5.76 Å². The van der Waals surface area contributed by atoms with Crippen LogP contribution in [-0.2, 0) is 14.3 Å². The highest BCUT2D eigenvalue weighted by molar-refractivity contribution is 6.46. The van der Waals surface area contributed by atoms with Gasteiger partial charge in [-0.05, 0) is 35.9 Å². The van der Waals surface area contributed by atoms with E-state index in [1.165, 1.54) is 36.3 Å². The maximum absolute atomic E-state index is 12.9. The number of nitrogens with zero attached hydrogens (tertiary/aromatic N) is 2. The molecule has 0 saturated carbocycles. The molecular formula is C22H20N2O8. The van der Waals surface area contributed by atoms with Gasteiger partial charge in [-0.25, -0.2) is 0 Å². The second kappa shape index (κ2) is 8.67. The maximum Gasteiger partial charge on any atom is 0.295 e. The third-order valence-electron chi connectivity index (χ3n) is 5.31. The summed E-state index contributed by atoms with van der Waals surface area (Å²) in [6.45, 7) is 1.02. The summed E-state index contributed by atoms with van der Waals surface area (Å²) in [6, 6.07) is 9.30. The monoisotopic (exact) mass is 440 g/mol. The van der Waals surface area contributed by atoms with E-state index in [2.05, 4.69) is 0 Å². The van der Waals surface area contributed by atoms with E-state index >= 15 is 0 Å². The maximum atomic E-state index is 12.9. The van der Waals surface area contributed by atoms with Crippen molar-refractivity contribution in [2.75, 3.05) is 33.5 Å². The van der Waals surface area contributed by atoms with Crippen molar-refractivity contribution in [3.63, 3.8) is 0 Å². The van der Waals surface area contributed by atoms with E-state index in [0.29, 0.717) is 30.3 Å². The van der Waals surface area contributed by atoms with E-state index in [1.807, 2.05) is 0 Å². The predicted octanol–water partition coefficient (Wildman–Crippen LogP) is 2.43. The molecule has 2 aromatic rings. The topological polar surface area (TPSA) is 128 Å². The van der Waals surface area contributed by atoms with E-state index < -0.39 is 22.7 Å². The van der Waals surface area contributed by atoms with Crippen molar-refractivity contribution >= 4 is 23.1 Å². The van der Waals surface area contributed by atoms with Crippen molar-refractivity contribution < 1.29 is 33.8 Å². The van der Waals surface area contributed by atoms with Gasteiger partial charge in [-0.2, -0.15) is 0 Å². The summed E-state index contributed by atoms with van der Waals surface area (Å²) in [5, 5.41) is 22.1. The zero-order chi connectivity index (χ0) is 22.8. The Hall–Kier alpha value is -3.92. The molecule has 166 valence electrons. The van der Waals surface area contributed by atoms with E-state index in [9.17, 15) is 24.8 Å². The average molecular weight is 440 g/mol. The Bertz CT molecular complexity index is 1110. The van der Waals surface area contributed by atoms with Crippen molar-refractivity contribution in [3.05, 3.63) is 69.3 Å². The number of rotatable bonds is 6. The summed E-state index contributed by atoms with van der Waals surface area (Å²) in [5.74, 6) is -1.08. The Morgan fingerprint density at radius 1 is 1.16 bits per heavy atom. The number of hydrogen-bond donors (Lipinski definition) is 1. The molecule has 1 saturated heterocycles. The fourth-order valence-corrected chi connectivity index (χ4v) is 3.77. The Kier molecular flexibility index (Phi) is 5.78. The van der Waals surface area contributed by atoms with Crippen molar-refractivity contribution in [2.45, 2.75) is 6.04 Å². The molecule has 1 amide bonds. The number of nitro benzene ring substituents is 1. The highest BCUT2D eigenvalue weighted by Crippen LogP contribution is 2.41. The first-order valence-corrected chi connectivity index (χ1v) is 9.84. The molecule has 2 aromatic carbocycles. The minimum Gasteiger partial charge on any atom is -0.507 e. The number of aliphatic hydroxyl groups is 1. The van der Waals surface area contributed by atoms with E-state index in [4.69, 9.17) is 14.2 Å². The minimum atomic E-state index is -0.931. The zero-order valence-corrected chi connectivity index (χ0v) is 17.1. The van der Waals surface area contributed by atoms with Crippen LogP contribution in [0.15, 0.2) is 48.0 Å². The lowest BCUT2D eigenvalue weighted by Crippen LogP contribution is -2.32. The standard InChI is InChI=1S/C22H20N2O8/c1-30-9-8-23-19(13-2-5-15(6-3-13)24(28)29)18(21(26)22(23)27)20(25)14-4-7-16-17(12-14)32-11-10-31-16/h2-7,12,19,25H,8-11H2,1H3. The zero-order valence-electron chi connectivity index (χ0n) is 17.1. The summed E-state index contributed by atoms with van der Waals surface area (Å²) in [4.78, 5) is 37.5. The lowest BCUT2D eigenvalue weighted by atomic mass is 9.95. The Morgan fingerprint density at radius 2 is 1.84 bits per heavy atom. The molecule has 4 rings (SSSR count). The number of nitro groups is 1. The normalized spacial score (nSPS) is 19.3. The molecule has 0 bridgehead atoms. The van der Waals surface area contributed by atoms with Crippen molar-refractivity contribution in [3.8, 4) is 11.5 Å². The Morgan fingerprint density at radius 3 is 2.50 bits per heavy atom. The molecule has 10 heteroatoms. The number of hydrogen-bond acceptors (Lipinski definition) is 8. The molecule has 1 unspecified atom stereocenters. The number of benzene rings is 2. The average Bonchev–Trinajstić information content (AvgIpc) is 3.06. The van der Waals surface area contributed by atoms with Gasteiger partial charge >= 0.3 is 0 Å². The summed E-state index contributed by atoms with van der Waals surface area (Å²) < 4.78 is 16.1. The van der Waals surface area contributed by atoms with Gasteiger partial charge < -0.3 is 24.2 Å². The second-order valence-electron chi connectivity index (χ2n) is 7.19. The molecule has 32 heavy (non-hydrogen) atoms. The van der Waals surface area contributed by atoms with Crippen LogP contribution in [-0.4, -0.2) is 60.1 Å². The second-order valence-corrected chi connectivity index (χ2v) is 7.19. The van der Waals surface area contributed by atoms with Gasteiger partial charge in [0.1, 0.15) is 19.0 Å². The van der Waals surface area contributed by atoms with E-state index in [1.54, 1.807) is 18.2 Å². The van der Waals surface area contributed by atoms with Crippen LogP contribution in [0.4, 0.5) is 5.69 Å². The molecule has 0 aromatic heterocycles. The summed E-state index contributed by atoms with van der Waals surface area (Å²) in [5.41, 5.74) is 0.488. The Balaban J connectivity index is 1.82. The molecule has 1 fully saturated rings. The SMILES string of the molecule is COCCN1C(=O)C(=O)C(=C(O)c2ccc3c(c2)OCCO3)C1c1ccc([N+](=O)[O-])cc1. The molecule has 1 N–H and O–H groups in total. The molecule has 0 spiro atoms. The number of carbonyl (C=O) groups excluding carboxylic acids is 2. The van der Waals surface area contributed by atoms with Gasteiger partial charge in [-0.15, -0.1) is 0 Å². The largest absolute Gasteiger partial charge is 0.507 e. The van der Waals surface area contributed by atoms with Gasteiger partial charge in [0.2, 0.25) is 0 Å². The number of Topliss-reactive ketones (excluding diaryl/α,β-unsaturated/α-hetero) is 1. The fourth-order valence-electron chi connectivity index (χ4n) is 3.77. The first kappa shape index (κ1) is 21.3. The number of ether oxygens (including phenoxy) is 3. The van der Waals surface area contributed by atoms with Gasteiger partial charge in [0, 0.05) is 31.4 Å². The first-order valence-electron chi connectivity index (χ1n) is 9.84. The summed E-state index contributed by atoms with van der Waals surface area (Å²) in [7, 11) is 1.46. The molecule has 0 aliphatic carbocycles. The van der Waals surface area contributed by atoms with Crippen molar-refractivity contribution in [2.24, 2.45) is 0 Å². The fraction of sp³-hybridized carbons (Fsp3) is 0.273. The van der Waals surface area contributed by atoms with Crippen LogP contribution in [0.3, 0.4) is 0 Å². The minimum absolute atomic E-state index is 0.0979. The third-order valence-corrected chi connectivity index (χ3v) is 5.31. The summed E-state index contributed by atoms with van der Waals surface area (Å²) in [6.07, 6.45) is 0. The lowest BCUT2D eigenvalue weighted by molar-refractivity contribution is -0.384. The molecule has 2 aliphatic rings. The van der Waals surface area contributed by atoms with Crippen LogP contribution in [0, 0.1) is 10.1 Å². The van der Waals surface area contributed by atoms with E-state index in [0.717, 1.165) is 0 Å². The van der Waals surface area contributed by atoms with Crippen LogP contribution in [0.1, 0.15) is 17.2 Å². The molecule has 1 atom stereocenters. The van der Waals surface area contributed by atoms with Gasteiger partial charge in [0.05, 0.1) is 23.1 Å².